The number of piperidine rings is 1. The van der Waals surface area contributed by atoms with Gasteiger partial charge in [0.1, 0.15) is 0 Å². The van der Waals surface area contributed by atoms with Crippen LogP contribution in [0.1, 0.15) is 35.5 Å². The summed E-state index contributed by atoms with van der Waals surface area (Å²) in [4.78, 5) is 30.2. The summed E-state index contributed by atoms with van der Waals surface area (Å²) in [5.41, 5.74) is 0.697. The average Bonchev–Trinajstić information content (AvgIpc) is 3.01. The van der Waals surface area contributed by atoms with Crippen molar-refractivity contribution in [2.24, 2.45) is 0 Å². The van der Waals surface area contributed by atoms with Crippen molar-refractivity contribution in [3.05, 3.63) is 17.5 Å². The summed E-state index contributed by atoms with van der Waals surface area (Å²) in [7, 11) is 0. The molecule has 0 spiro atoms. The number of aromatic nitrogens is 1. The standard InChI is InChI=1S/C15H22N4O3/c1-12-11-13(22-16-12)14(20)17-7-9-19(10-8-17)15(21)18-5-3-2-4-6-18/h11H,2-10H2,1H3. The van der Waals surface area contributed by atoms with E-state index in [4.69, 9.17) is 4.52 Å². The smallest absolute Gasteiger partial charge is 0.320 e. The van der Waals surface area contributed by atoms with E-state index < -0.39 is 0 Å². The molecular weight excluding hydrogens is 284 g/mol. The summed E-state index contributed by atoms with van der Waals surface area (Å²) < 4.78 is 5.02. The number of aryl methyl sites for hydroxylation is 1. The minimum absolute atomic E-state index is 0.113. The highest BCUT2D eigenvalue weighted by Crippen LogP contribution is 2.14. The number of carbonyl (C=O) groups is 2. The van der Waals surface area contributed by atoms with Crippen LogP contribution in [0.4, 0.5) is 4.79 Å². The Morgan fingerprint density at radius 3 is 2.14 bits per heavy atom. The van der Waals surface area contributed by atoms with Crippen molar-refractivity contribution in [3.63, 3.8) is 0 Å². The summed E-state index contributed by atoms with van der Waals surface area (Å²) in [6.45, 7) is 5.73. The lowest BCUT2D eigenvalue weighted by Gasteiger charge is -2.38. The molecule has 7 nitrogen and oxygen atoms in total. The molecule has 0 atom stereocenters. The van der Waals surface area contributed by atoms with Crippen LogP contribution in [-0.2, 0) is 0 Å². The van der Waals surface area contributed by atoms with E-state index in [2.05, 4.69) is 5.16 Å². The number of hydrogen-bond donors (Lipinski definition) is 0. The molecule has 1 aromatic heterocycles. The fourth-order valence-electron chi connectivity index (χ4n) is 3.01. The highest BCUT2D eigenvalue weighted by atomic mass is 16.5. The molecule has 3 amide bonds. The molecule has 3 heterocycles. The minimum Gasteiger partial charge on any atom is -0.351 e. The Labute approximate surface area is 129 Å². The van der Waals surface area contributed by atoms with Crippen LogP contribution >= 0.6 is 0 Å². The SMILES string of the molecule is Cc1cc(C(=O)N2CCN(C(=O)N3CCCCC3)CC2)on1. The molecule has 0 aromatic carbocycles. The molecule has 2 aliphatic heterocycles. The molecular formula is C15H22N4O3. The molecule has 0 radical (unpaired) electrons. The van der Waals surface area contributed by atoms with E-state index >= 15 is 0 Å². The van der Waals surface area contributed by atoms with Crippen LogP contribution in [0.5, 0.6) is 0 Å². The third-order valence-corrected chi connectivity index (χ3v) is 4.30. The zero-order valence-corrected chi connectivity index (χ0v) is 13.0. The lowest BCUT2D eigenvalue weighted by molar-refractivity contribution is 0.0595. The van der Waals surface area contributed by atoms with Crippen LogP contribution in [-0.4, -0.2) is 71.1 Å². The van der Waals surface area contributed by atoms with Gasteiger partial charge in [0.15, 0.2) is 0 Å². The number of piperazine rings is 1. The molecule has 3 rings (SSSR count). The molecule has 0 aliphatic carbocycles. The largest absolute Gasteiger partial charge is 0.351 e. The zero-order valence-electron chi connectivity index (χ0n) is 13.0. The van der Waals surface area contributed by atoms with Gasteiger partial charge in [-0.25, -0.2) is 4.79 Å². The van der Waals surface area contributed by atoms with E-state index in [-0.39, 0.29) is 17.7 Å². The van der Waals surface area contributed by atoms with Crippen molar-refractivity contribution in [3.8, 4) is 0 Å². The van der Waals surface area contributed by atoms with Crippen LogP contribution < -0.4 is 0 Å². The number of hydrogen-bond acceptors (Lipinski definition) is 4. The summed E-state index contributed by atoms with van der Waals surface area (Å²) >= 11 is 0. The molecule has 0 N–H and O–H groups in total. The van der Waals surface area contributed by atoms with Crippen molar-refractivity contribution in [2.75, 3.05) is 39.3 Å². The molecule has 2 fully saturated rings. The number of nitrogens with zero attached hydrogens (tertiary/aromatic N) is 4. The molecule has 22 heavy (non-hydrogen) atoms. The molecule has 1 aromatic rings. The van der Waals surface area contributed by atoms with Crippen molar-refractivity contribution >= 4 is 11.9 Å². The molecule has 0 bridgehead atoms. The van der Waals surface area contributed by atoms with Crippen molar-refractivity contribution in [1.82, 2.24) is 19.9 Å². The first-order valence-corrected chi connectivity index (χ1v) is 7.91. The quantitative estimate of drug-likeness (QED) is 0.785. The maximum absolute atomic E-state index is 12.4. The zero-order chi connectivity index (χ0) is 15.5. The van der Waals surface area contributed by atoms with Gasteiger partial charge in [-0.3, -0.25) is 4.79 Å². The van der Waals surface area contributed by atoms with Gasteiger partial charge in [0.05, 0.1) is 5.69 Å². The van der Waals surface area contributed by atoms with Gasteiger partial charge in [-0.15, -0.1) is 0 Å². The lowest BCUT2D eigenvalue weighted by Crippen LogP contribution is -2.54. The number of likely N-dealkylation sites (tertiary alicyclic amines) is 1. The summed E-state index contributed by atoms with van der Waals surface area (Å²) in [5.74, 6) is 0.124. The van der Waals surface area contributed by atoms with Crippen LogP contribution in [0.2, 0.25) is 0 Å². The maximum atomic E-state index is 12.4. The predicted molar refractivity (Wildman–Crippen MR) is 79.5 cm³/mol. The molecule has 0 saturated carbocycles. The Balaban J connectivity index is 1.53. The van der Waals surface area contributed by atoms with Crippen LogP contribution in [0, 0.1) is 6.92 Å². The van der Waals surface area contributed by atoms with Gasteiger partial charge < -0.3 is 19.2 Å². The number of amides is 3. The second kappa shape index (κ2) is 6.37. The Morgan fingerprint density at radius 1 is 0.955 bits per heavy atom. The Hall–Kier alpha value is -2.05. The van der Waals surface area contributed by atoms with Gasteiger partial charge in [0.2, 0.25) is 5.76 Å². The van der Waals surface area contributed by atoms with Gasteiger partial charge in [0.25, 0.3) is 5.91 Å². The molecule has 7 heteroatoms. The van der Waals surface area contributed by atoms with E-state index in [1.807, 2.05) is 9.80 Å². The maximum Gasteiger partial charge on any atom is 0.320 e. The first kappa shape index (κ1) is 14.9. The fraction of sp³-hybridized carbons (Fsp3) is 0.667. The monoisotopic (exact) mass is 306 g/mol. The van der Waals surface area contributed by atoms with E-state index in [0.717, 1.165) is 25.9 Å². The lowest BCUT2D eigenvalue weighted by atomic mass is 10.1. The first-order chi connectivity index (χ1) is 10.6. The molecule has 2 aliphatic rings. The summed E-state index contributed by atoms with van der Waals surface area (Å²) in [6.07, 6.45) is 3.40. The van der Waals surface area contributed by atoms with Crippen molar-refractivity contribution in [1.29, 1.82) is 0 Å². The third-order valence-electron chi connectivity index (χ3n) is 4.30. The van der Waals surface area contributed by atoms with E-state index in [0.29, 0.717) is 31.9 Å². The third kappa shape index (κ3) is 3.08. The fourth-order valence-corrected chi connectivity index (χ4v) is 3.01. The van der Waals surface area contributed by atoms with E-state index in [1.165, 1.54) is 6.42 Å². The predicted octanol–water partition coefficient (Wildman–Crippen LogP) is 1.35. The Morgan fingerprint density at radius 2 is 1.55 bits per heavy atom. The van der Waals surface area contributed by atoms with Crippen molar-refractivity contribution < 1.29 is 14.1 Å². The molecule has 0 unspecified atom stereocenters. The second-order valence-corrected chi connectivity index (χ2v) is 5.94. The van der Waals surface area contributed by atoms with Gasteiger partial charge in [-0.05, 0) is 26.2 Å². The van der Waals surface area contributed by atoms with Crippen LogP contribution in [0.3, 0.4) is 0 Å². The van der Waals surface area contributed by atoms with Gasteiger partial charge in [-0.1, -0.05) is 5.16 Å². The van der Waals surface area contributed by atoms with Gasteiger partial charge in [0, 0.05) is 45.3 Å². The van der Waals surface area contributed by atoms with Gasteiger partial charge >= 0.3 is 6.03 Å². The number of rotatable bonds is 1. The Kier molecular flexibility index (Phi) is 4.31. The number of carbonyl (C=O) groups excluding carboxylic acids is 2. The van der Waals surface area contributed by atoms with Crippen LogP contribution in [0.15, 0.2) is 10.6 Å². The Bertz CT molecular complexity index is 543. The summed E-state index contributed by atoms with van der Waals surface area (Å²) in [5, 5.41) is 3.74. The highest BCUT2D eigenvalue weighted by Gasteiger charge is 2.29. The minimum atomic E-state index is -0.148. The summed E-state index contributed by atoms with van der Waals surface area (Å²) in [6, 6.07) is 1.76. The topological polar surface area (TPSA) is 69.9 Å². The normalized spacial score (nSPS) is 19.4. The number of urea groups is 1. The highest BCUT2D eigenvalue weighted by molar-refractivity contribution is 5.91. The average molecular weight is 306 g/mol. The van der Waals surface area contributed by atoms with Gasteiger partial charge in [-0.2, -0.15) is 0 Å². The molecule has 120 valence electrons. The van der Waals surface area contributed by atoms with Crippen molar-refractivity contribution in [2.45, 2.75) is 26.2 Å². The molecule has 2 saturated heterocycles. The van der Waals surface area contributed by atoms with E-state index in [9.17, 15) is 9.59 Å². The second-order valence-electron chi connectivity index (χ2n) is 5.94. The van der Waals surface area contributed by atoms with Crippen LogP contribution in [0.25, 0.3) is 0 Å². The first-order valence-electron chi connectivity index (χ1n) is 7.91. The van der Waals surface area contributed by atoms with E-state index in [1.54, 1.807) is 17.9 Å².